The van der Waals surface area contributed by atoms with Crippen molar-refractivity contribution in [2.75, 3.05) is 0 Å². The predicted octanol–water partition coefficient (Wildman–Crippen LogP) is 4.40. The van der Waals surface area contributed by atoms with Crippen LogP contribution in [0.1, 0.15) is 31.9 Å². The van der Waals surface area contributed by atoms with Crippen molar-refractivity contribution in [1.29, 1.82) is 5.26 Å². The molecule has 0 bridgehead atoms. The third-order valence-corrected chi connectivity index (χ3v) is 3.91. The van der Waals surface area contributed by atoms with Gasteiger partial charge in [0.25, 0.3) is 0 Å². The van der Waals surface area contributed by atoms with Gasteiger partial charge in [0.2, 0.25) is 0 Å². The maximum Gasteiger partial charge on any atom is 0.100 e. The smallest absolute Gasteiger partial charge is 0.100 e. The summed E-state index contributed by atoms with van der Waals surface area (Å²) in [7, 11) is 0. The molecule has 0 unspecified atom stereocenters. The van der Waals surface area contributed by atoms with E-state index in [0.717, 1.165) is 9.79 Å². The van der Waals surface area contributed by atoms with E-state index in [1.54, 1.807) is 30.2 Å². The van der Waals surface area contributed by atoms with Gasteiger partial charge in [0.05, 0.1) is 5.56 Å². The zero-order valence-corrected chi connectivity index (χ0v) is 12.2. The van der Waals surface area contributed by atoms with E-state index in [1.807, 2.05) is 0 Å². The van der Waals surface area contributed by atoms with Gasteiger partial charge in [0.15, 0.2) is 0 Å². The van der Waals surface area contributed by atoms with Gasteiger partial charge >= 0.3 is 0 Å². The zero-order valence-electron chi connectivity index (χ0n) is 11.3. The van der Waals surface area contributed by atoms with Gasteiger partial charge in [-0.15, -0.1) is 0 Å². The molecule has 0 fully saturated rings. The molecular weight excluding hydrogens is 252 g/mol. The molecular formula is C16H16N2S. The summed E-state index contributed by atoms with van der Waals surface area (Å²) in [6.07, 6.45) is 3.38. The van der Waals surface area contributed by atoms with Crippen LogP contribution in [0.15, 0.2) is 52.5 Å². The molecule has 2 aromatic rings. The molecule has 1 aromatic heterocycles. The van der Waals surface area contributed by atoms with Crippen molar-refractivity contribution in [3.05, 3.63) is 53.9 Å². The fraction of sp³-hybridized carbons (Fsp3) is 0.250. The van der Waals surface area contributed by atoms with Gasteiger partial charge in [-0.3, -0.25) is 4.98 Å². The highest BCUT2D eigenvalue weighted by Crippen LogP contribution is 2.31. The van der Waals surface area contributed by atoms with Gasteiger partial charge in [-0.25, -0.2) is 0 Å². The summed E-state index contributed by atoms with van der Waals surface area (Å²) in [5.41, 5.74) is 2.14. The average Bonchev–Trinajstić information content (AvgIpc) is 2.39. The summed E-state index contributed by atoms with van der Waals surface area (Å²) in [6, 6.07) is 12.4. The highest BCUT2D eigenvalue weighted by atomic mass is 32.2. The Hall–Kier alpha value is -1.79. The molecule has 1 aromatic carbocycles. The number of hydrogen-bond acceptors (Lipinski definition) is 3. The maximum atomic E-state index is 9.06. The van der Waals surface area contributed by atoms with E-state index in [0.29, 0.717) is 5.56 Å². The lowest BCUT2D eigenvalue weighted by Crippen LogP contribution is -2.10. The summed E-state index contributed by atoms with van der Waals surface area (Å²) < 4.78 is 0. The van der Waals surface area contributed by atoms with Crippen LogP contribution in [0.2, 0.25) is 0 Å². The Labute approximate surface area is 118 Å². The molecule has 1 heterocycles. The minimum atomic E-state index is 0.162. The summed E-state index contributed by atoms with van der Waals surface area (Å²) in [5.74, 6) is 0. The molecule has 0 saturated heterocycles. The van der Waals surface area contributed by atoms with E-state index in [9.17, 15) is 0 Å². The molecule has 0 radical (unpaired) electrons. The van der Waals surface area contributed by atoms with Gasteiger partial charge < -0.3 is 0 Å². The van der Waals surface area contributed by atoms with Crippen molar-refractivity contribution in [3.8, 4) is 6.07 Å². The molecule has 96 valence electrons. The summed E-state index contributed by atoms with van der Waals surface area (Å²) in [6.45, 7) is 6.60. The van der Waals surface area contributed by atoms with E-state index >= 15 is 0 Å². The molecule has 0 aliphatic carbocycles. The van der Waals surface area contributed by atoms with Crippen LogP contribution < -0.4 is 0 Å². The van der Waals surface area contributed by atoms with Crippen molar-refractivity contribution in [3.63, 3.8) is 0 Å². The van der Waals surface area contributed by atoms with Crippen LogP contribution in [0, 0.1) is 11.3 Å². The average molecular weight is 268 g/mol. The van der Waals surface area contributed by atoms with Gasteiger partial charge in [0, 0.05) is 22.2 Å². The predicted molar refractivity (Wildman–Crippen MR) is 78.2 cm³/mol. The number of hydrogen-bond donors (Lipinski definition) is 0. The van der Waals surface area contributed by atoms with Crippen molar-refractivity contribution >= 4 is 11.8 Å². The van der Waals surface area contributed by atoms with Crippen LogP contribution in [0.4, 0.5) is 0 Å². The van der Waals surface area contributed by atoms with Crippen LogP contribution in [-0.2, 0) is 5.41 Å². The largest absolute Gasteiger partial charge is 0.263 e. The lowest BCUT2D eigenvalue weighted by Gasteiger charge is -2.19. The van der Waals surface area contributed by atoms with Gasteiger partial charge in [-0.05, 0) is 29.2 Å². The molecule has 0 amide bonds. The van der Waals surface area contributed by atoms with Crippen molar-refractivity contribution in [1.82, 2.24) is 4.98 Å². The van der Waals surface area contributed by atoms with Gasteiger partial charge in [0.1, 0.15) is 6.07 Å². The van der Waals surface area contributed by atoms with Crippen LogP contribution >= 0.6 is 11.8 Å². The lowest BCUT2D eigenvalue weighted by atomic mass is 9.87. The van der Waals surface area contributed by atoms with E-state index in [1.165, 1.54) is 5.56 Å². The molecule has 0 aliphatic rings. The zero-order chi connectivity index (χ0) is 13.9. The van der Waals surface area contributed by atoms with Gasteiger partial charge in [-0.1, -0.05) is 44.7 Å². The Morgan fingerprint density at radius 1 is 1.11 bits per heavy atom. The molecule has 0 saturated carbocycles. The molecule has 2 nitrogen and oxygen atoms in total. The molecule has 0 N–H and O–H groups in total. The Morgan fingerprint density at radius 3 is 2.37 bits per heavy atom. The molecule has 3 heteroatoms. The van der Waals surface area contributed by atoms with Crippen molar-refractivity contribution in [2.24, 2.45) is 0 Å². The first-order chi connectivity index (χ1) is 9.00. The SMILES string of the molecule is CC(C)(C)c1ccc(Sc2cnccc2C#N)cc1. The molecule has 0 atom stereocenters. The van der Waals surface area contributed by atoms with Crippen LogP contribution in [0.3, 0.4) is 0 Å². The number of pyridine rings is 1. The number of rotatable bonds is 2. The number of benzene rings is 1. The van der Waals surface area contributed by atoms with Crippen LogP contribution in [0.25, 0.3) is 0 Å². The first-order valence-electron chi connectivity index (χ1n) is 6.13. The Bertz CT molecular complexity index is 604. The highest BCUT2D eigenvalue weighted by Gasteiger charge is 2.13. The number of nitrogens with zero attached hydrogens (tertiary/aromatic N) is 2. The summed E-state index contributed by atoms with van der Waals surface area (Å²) in [5, 5.41) is 9.06. The summed E-state index contributed by atoms with van der Waals surface area (Å²) >= 11 is 1.57. The monoisotopic (exact) mass is 268 g/mol. The topological polar surface area (TPSA) is 36.7 Å². The second kappa shape index (κ2) is 5.46. The minimum Gasteiger partial charge on any atom is -0.263 e. The third-order valence-electron chi connectivity index (χ3n) is 2.85. The quantitative estimate of drug-likeness (QED) is 0.810. The summed E-state index contributed by atoms with van der Waals surface area (Å²) in [4.78, 5) is 6.09. The first-order valence-corrected chi connectivity index (χ1v) is 6.95. The fourth-order valence-electron chi connectivity index (χ4n) is 1.70. The van der Waals surface area contributed by atoms with E-state index in [-0.39, 0.29) is 5.41 Å². The van der Waals surface area contributed by atoms with E-state index in [4.69, 9.17) is 5.26 Å². The lowest BCUT2D eigenvalue weighted by molar-refractivity contribution is 0.590. The Balaban J connectivity index is 2.23. The molecule has 0 spiro atoms. The second-order valence-corrected chi connectivity index (χ2v) is 6.48. The first kappa shape index (κ1) is 13.6. The fourth-order valence-corrected chi connectivity index (χ4v) is 2.57. The van der Waals surface area contributed by atoms with Crippen molar-refractivity contribution in [2.45, 2.75) is 36.0 Å². The Kier molecular flexibility index (Phi) is 3.92. The van der Waals surface area contributed by atoms with Crippen LogP contribution in [-0.4, -0.2) is 4.98 Å². The number of aromatic nitrogens is 1. The maximum absolute atomic E-state index is 9.06. The highest BCUT2D eigenvalue weighted by molar-refractivity contribution is 7.99. The van der Waals surface area contributed by atoms with E-state index < -0.39 is 0 Å². The third kappa shape index (κ3) is 3.36. The minimum absolute atomic E-state index is 0.162. The molecule has 19 heavy (non-hydrogen) atoms. The van der Waals surface area contributed by atoms with Crippen molar-refractivity contribution < 1.29 is 0 Å². The Morgan fingerprint density at radius 2 is 1.79 bits per heavy atom. The standard InChI is InChI=1S/C16H16N2S/c1-16(2,3)13-4-6-14(7-5-13)19-15-11-18-9-8-12(15)10-17/h4-9,11H,1-3H3. The van der Waals surface area contributed by atoms with Crippen LogP contribution in [0.5, 0.6) is 0 Å². The number of nitriles is 1. The normalized spacial score (nSPS) is 11.1. The van der Waals surface area contributed by atoms with Gasteiger partial charge in [-0.2, -0.15) is 5.26 Å². The molecule has 0 aliphatic heterocycles. The second-order valence-electron chi connectivity index (χ2n) is 5.36. The van der Waals surface area contributed by atoms with E-state index in [2.05, 4.69) is 56.1 Å². The molecule has 2 rings (SSSR count).